The van der Waals surface area contributed by atoms with Crippen molar-refractivity contribution in [3.63, 3.8) is 0 Å². The van der Waals surface area contributed by atoms with E-state index in [1.54, 1.807) is 17.4 Å². The molecule has 4 nitrogen and oxygen atoms in total. The number of thiophene rings is 1. The number of rotatable bonds is 3. The normalized spacial score (nSPS) is 14.3. The molecule has 0 aromatic carbocycles. The molecule has 1 amide bonds. The number of hydrogen-bond acceptors (Lipinski definition) is 3. The minimum absolute atomic E-state index is 0.0898. The van der Waals surface area contributed by atoms with Crippen molar-refractivity contribution in [1.29, 1.82) is 0 Å². The van der Waals surface area contributed by atoms with Gasteiger partial charge in [0.05, 0.1) is 5.69 Å². The summed E-state index contributed by atoms with van der Waals surface area (Å²) in [4.78, 5) is 16.0. The first-order valence-electron chi connectivity index (χ1n) is 6.99. The molecule has 0 bridgehead atoms. The van der Waals surface area contributed by atoms with E-state index < -0.39 is 0 Å². The zero-order chi connectivity index (χ0) is 14.1. The van der Waals surface area contributed by atoms with Gasteiger partial charge in [-0.1, -0.05) is 6.92 Å². The van der Waals surface area contributed by atoms with Crippen LogP contribution in [0.25, 0.3) is 0 Å². The monoisotopic (exact) mass is 289 g/mol. The minimum atomic E-state index is 0.0898. The van der Waals surface area contributed by atoms with Crippen molar-refractivity contribution in [1.82, 2.24) is 9.47 Å². The van der Waals surface area contributed by atoms with Crippen LogP contribution in [0.4, 0.5) is 5.69 Å². The van der Waals surface area contributed by atoms with Crippen molar-refractivity contribution >= 4 is 22.9 Å². The number of amides is 1. The van der Waals surface area contributed by atoms with Gasteiger partial charge in [-0.3, -0.25) is 4.79 Å². The van der Waals surface area contributed by atoms with Gasteiger partial charge in [0.1, 0.15) is 5.69 Å². The summed E-state index contributed by atoms with van der Waals surface area (Å²) in [7, 11) is 0. The van der Waals surface area contributed by atoms with E-state index >= 15 is 0 Å². The number of carbonyl (C=O) groups excluding carboxylic acids is 1. The van der Waals surface area contributed by atoms with Crippen molar-refractivity contribution in [2.24, 2.45) is 0 Å². The summed E-state index contributed by atoms with van der Waals surface area (Å²) in [6.07, 6.45) is 3.81. The second kappa shape index (κ2) is 5.32. The summed E-state index contributed by atoms with van der Waals surface area (Å²) in [6.45, 7) is 4.44. The van der Waals surface area contributed by atoms with E-state index in [2.05, 4.69) is 18.4 Å². The van der Waals surface area contributed by atoms with E-state index in [4.69, 9.17) is 5.73 Å². The Labute approximate surface area is 122 Å². The van der Waals surface area contributed by atoms with Crippen LogP contribution >= 0.6 is 11.3 Å². The Bertz CT molecular complexity index is 629. The van der Waals surface area contributed by atoms with Gasteiger partial charge in [-0.05, 0) is 35.9 Å². The standard InChI is InChI=1S/C15H19N3OS/c1-2-5-17-10-12(16)8-13(17)15(19)18-6-3-14-11(9-18)4-7-20-14/h4,7-8,10H,2-3,5-6,9,16H2,1H3. The average Bonchev–Trinajstić information content (AvgIpc) is 3.04. The second-order valence-electron chi connectivity index (χ2n) is 5.20. The Balaban J connectivity index is 1.83. The maximum atomic E-state index is 12.7. The Kier molecular flexibility index (Phi) is 3.53. The van der Waals surface area contributed by atoms with E-state index in [9.17, 15) is 4.79 Å². The van der Waals surface area contributed by atoms with Gasteiger partial charge in [-0.2, -0.15) is 0 Å². The first-order valence-corrected chi connectivity index (χ1v) is 7.87. The van der Waals surface area contributed by atoms with Gasteiger partial charge in [0.25, 0.3) is 5.91 Å². The third-order valence-corrected chi connectivity index (χ3v) is 4.72. The van der Waals surface area contributed by atoms with E-state index in [0.717, 1.165) is 32.5 Å². The molecular formula is C15H19N3OS. The topological polar surface area (TPSA) is 51.3 Å². The van der Waals surface area contributed by atoms with Crippen molar-refractivity contribution in [2.45, 2.75) is 32.9 Å². The summed E-state index contributed by atoms with van der Waals surface area (Å²) < 4.78 is 1.97. The molecule has 0 aliphatic carbocycles. The van der Waals surface area contributed by atoms with Crippen LogP contribution < -0.4 is 5.73 Å². The fraction of sp³-hybridized carbons (Fsp3) is 0.400. The number of aryl methyl sites for hydroxylation is 1. The highest BCUT2D eigenvalue weighted by Crippen LogP contribution is 2.25. The van der Waals surface area contributed by atoms with Crippen molar-refractivity contribution in [3.05, 3.63) is 39.8 Å². The lowest BCUT2D eigenvalue weighted by molar-refractivity contribution is 0.0724. The first-order chi connectivity index (χ1) is 9.69. The maximum absolute atomic E-state index is 12.7. The molecule has 20 heavy (non-hydrogen) atoms. The number of fused-ring (bicyclic) bond motifs is 1. The van der Waals surface area contributed by atoms with Gasteiger partial charge in [-0.15, -0.1) is 11.3 Å². The first kappa shape index (κ1) is 13.2. The summed E-state index contributed by atoms with van der Waals surface area (Å²) in [5.41, 5.74) is 8.51. The number of nitrogens with zero attached hydrogens (tertiary/aromatic N) is 2. The molecule has 2 aromatic heterocycles. The molecule has 5 heteroatoms. The fourth-order valence-electron chi connectivity index (χ4n) is 2.72. The molecular weight excluding hydrogens is 270 g/mol. The van der Waals surface area contributed by atoms with Gasteiger partial charge in [-0.25, -0.2) is 0 Å². The molecule has 2 aromatic rings. The summed E-state index contributed by atoms with van der Waals surface area (Å²) in [5.74, 6) is 0.0898. The molecule has 2 N–H and O–H groups in total. The minimum Gasteiger partial charge on any atom is -0.397 e. The quantitative estimate of drug-likeness (QED) is 0.944. The van der Waals surface area contributed by atoms with Crippen LogP contribution in [0.2, 0.25) is 0 Å². The molecule has 0 radical (unpaired) electrons. The third kappa shape index (κ3) is 2.33. The maximum Gasteiger partial charge on any atom is 0.270 e. The average molecular weight is 289 g/mol. The van der Waals surface area contributed by atoms with Crippen LogP contribution in [0.3, 0.4) is 0 Å². The predicted molar refractivity (Wildman–Crippen MR) is 81.9 cm³/mol. The van der Waals surface area contributed by atoms with E-state index in [-0.39, 0.29) is 5.91 Å². The molecule has 0 saturated carbocycles. The number of aromatic nitrogens is 1. The molecule has 0 unspecified atom stereocenters. The number of carbonyl (C=O) groups is 1. The SMILES string of the molecule is CCCn1cc(N)cc1C(=O)N1CCc2sccc2C1. The highest BCUT2D eigenvalue weighted by Gasteiger charge is 2.24. The molecule has 0 atom stereocenters. The lowest BCUT2D eigenvalue weighted by Crippen LogP contribution is -2.36. The molecule has 106 valence electrons. The van der Waals surface area contributed by atoms with Crippen molar-refractivity contribution in [3.8, 4) is 0 Å². The molecule has 1 aliphatic heterocycles. The molecule has 1 aliphatic rings. The van der Waals surface area contributed by atoms with Gasteiger partial charge >= 0.3 is 0 Å². The number of nitrogen functional groups attached to an aromatic ring is 1. The summed E-state index contributed by atoms with van der Waals surface area (Å²) in [5, 5.41) is 2.11. The van der Waals surface area contributed by atoms with Gasteiger partial charge in [0.15, 0.2) is 0 Å². The number of anilines is 1. The Morgan fingerprint density at radius 1 is 1.50 bits per heavy atom. The van der Waals surface area contributed by atoms with Gasteiger partial charge in [0.2, 0.25) is 0 Å². The van der Waals surface area contributed by atoms with Gasteiger partial charge in [0, 0.05) is 30.7 Å². The molecule has 3 heterocycles. The van der Waals surface area contributed by atoms with E-state index in [1.165, 1.54) is 10.4 Å². The molecule has 3 rings (SSSR count). The van der Waals surface area contributed by atoms with Crippen LogP contribution in [-0.2, 0) is 19.5 Å². The summed E-state index contributed by atoms with van der Waals surface area (Å²) in [6, 6.07) is 3.92. The van der Waals surface area contributed by atoms with E-state index in [0.29, 0.717) is 11.4 Å². The Hall–Kier alpha value is -1.75. The van der Waals surface area contributed by atoms with Crippen molar-refractivity contribution < 1.29 is 4.79 Å². The van der Waals surface area contributed by atoms with Crippen LogP contribution in [0, 0.1) is 0 Å². The van der Waals surface area contributed by atoms with E-state index in [1.807, 2.05) is 15.7 Å². The highest BCUT2D eigenvalue weighted by atomic mass is 32.1. The summed E-state index contributed by atoms with van der Waals surface area (Å²) >= 11 is 1.79. The van der Waals surface area contributed by atoms with Gasteiger partial charge < -0.3 is 15.2 Å². The Morgan fingerprint density at radius 3 is 3.15 bits per heavy atom. The Morgan fingerprint density at radius 2 is 2.35 bits per heavy atom. The number of hydrogen-bond donors (Lipinski definition) is 1. The third-order valence-electron chi connectivity index (χ3n) is 3.70. The largest absolute Gasteiger partial charge is 0.397 e. The lowest BCUT2D eigenvalue weighted by Gasteiger charge is -2.27. The van der Waals surface area contributed by atoms with Crippen LogP contribution in [0.15, 0.2) is 23.7 Å². The zero-order valence-electron chi connectivity index (χ0n) is 11.6. The van der Waals surface area contributed by atoms with Crippen LogP contribution in [0.5, 0.6) is 0 Å². The zero-order valence-corrected chi connectivity index (χ0v) is 12.4. The van der Waals surface area contributed by atoms with Crippen molar-refractivity contribution in [2.75, 3.05) is 12.3 Å². The lowest BCUT2D eigenvalue weighted by atomic mass is 10.1. The highest BCUT2D eigenvalue weighted by molar-refractivity contribution is 7.10. The fourth-order valence-corrected chi connectivity index (χ4v) is 3.61. The number of nitrogens with two attached hydrogens (primary N) is 1. The van der Waals surface area contributed by atoms with Crippen LogP contribution in [0.1, 0.15) is 34.3 Å². The second-order valence-corrected chi connectivity index (χ2v) is 6.20. The molecule has 0 saturated heterocycles. The predicted octanol–water partition coefficient (Wildman–Crippen LogP) is 2.74. The molecule has 0 fully saturated rings. The smallest absolute Gasteiger partial charge is 0.270 e. The van der Waals surface area contributed by atoms with Crippen LogP contribution in [-0.4, -0.2) is 21.9 Å². The molecule has 0 spiro atoms.